The molecule has 0 amide bonds. The molecule has 1 heterocycles. The molecule has 0 fully saturated rings. The Morgan fingerprint density at radius 2 is 2.24 bits per heavy atom. The Morgan fingerprint density at radius 1 is 1.52 bits per heavy atom. The van der Waals surface area contributed by atoms with Crippen molar-refractivity contribution in [3.63, 3.8) is 0 Å². The Kier molecular flexibility index (Phi) is 7.55. The Labute approximate surface area is 126 Å². The van der Waals surface area contributed by atoms with Crippen molar-refractivity contribution in [2.75, 3.05) is 45.7 Å². The second-order valence-corrected chi connectivity index (χ2v) is 4.97. The van der Waals surface area contributed by atoms with E-state index in [2.05, 4.69) is 10.4 Å². The molecule has 1 aromatic rings. The molecule has 1 N–H and O–H groups in total. The van der Waals surface area contributed by atoms with Crippen molar-refractivity contribution in [3.05, 3.63) is 21.6 Å². The highest BCUT2D eigenvalue weighted by Crippen LogP contribution is 2.14. The van der Waals surface area contributed by atoms with Gasteiger partial charge in [0.2, 0.25) is 0 Å². The second kappa shape index (κ2) is 8.91. The molecule has 9 heteroatoms. The molecule has 0 aliphatic rings. The van der Waals surface area contributed by atoms with Gasteiger partial charge in [-0.2, -0.15) is 5.10 Å². The third-order valence-electron chi connectivity index (χ3n) is 2.55. The molecular weight excluding hydrogens is 306 g/mol. The number of likely N-dealkylation sites (N-methyl/N-ethyl adjacent to an activating group) is 1. The van der Waals surface area contributed by atoms with Crippen LogP contribution in [0.1, 0.15) is 0 Å². The predicted octanol–water partition coefficient (Wildman–Crippen LogP) is 1.15. The quantitative estimate of drug-likeness (QED) is 0.691. The van der Waals surface area contributed by atoms with Crippen molar-refractivity contribution >= 4 is 17.3 Å². The normalized spacial score (nSPS) is 11.4. The lowest BCUT2D eigenvalue weighted by atomic mass is 10.4. The topological polar surface area (TPSA) is 59.4 Å². The summed E-state index contributed by atoms with van der Waals surface area (Å²) >= 11 is 5.97. The van der Waals surface area contributed by atoms with Gasteiger partial charge < -0.3 is 15.0 Å². The Hall–Kier alpha value is -1.25. The molecule has 0 aliphatic heterocycles. The van der Waals surface area contributed by atoms with Crippen LogP contribution in [0.2, 0.25) is 5.02 Å². The number of ether oxygens (including phenoxy) is 1. The summed E-state index contributed by atoms with van der Waals surface area (Å²) in [6.07, 6.45) is -1.05. The van der Waals surface area contributed by atoms with Gasteiger partial charge >= 0.3 is 0 Å². The molecule has 0 aromatic carbocycles. The van der Waals surface area contributed by atoms with Crippen LogP contribution in [0.25, 0.3) is 0 Å². The lowest BCUT2D eigenvalue weighted by molar-refractivity contribution is 0.0215. The van der Waals surface area contributed by atoms with Crippen LogP contribution >= 0.6 is 11.6 Å². The van der Waals surface area contributed by atoms with Gasteiger partial charge in [-0.1, -0.05) is 11.6 Å². The zero-order valence-electron chi connectivity index (χ0n) is 12.0. The highest BCUT2D eigenvalue weighted by atomic mass is 35.5. The minimum atomic E-state index is -2.49. The average Bonchev–Trinajstić information content (AvgIpc) is 2.41. The fraction of sp³-hybridized carbons (Fsp3) is 0.667. The molecular formula is C12H19ClF2N4O2. The van der Waals surface area contributed by atoms with Crippen LogP contribution in [-0.4, -0.2) is 61.5 Å². The van der Waals surface area contributed by atoms with Crippen LogP contribution in [0.5, 0.6) is 0 Å². The van der Waals surface area contributed by atoms with E-state index in [4.69, 9.17) is 16.3 Å². The zero-order chi connectivity index (χ0) is 15.8. The average molecular weight is 325 g/mol. The van der Waals surface area contributed by atoms with E-state index in [0.717, 1.165) is 0 Å². The number of nitrogens with zero attached hydrogens (tertiary/aromatic N) is 3. The first kappa shape index (κ1) is 17.8. The summed E-state index contributed by atoms with van der Waals surface area (Å²) in [7, 11) is 3.78. The molecule has 21 heavy (non-hydrogen) atoms. The largest absolute Gasteiger partial charge is 0.380 e. The van der Waals surface area contributed by atoms with Crippen molar-refractivity contribution in [1.29, 1.82) is 0 Å². The van der Waals surface area contributed by atoms with E-state index >= 15 is 0 Å². The first-order valence-corrected chi connectivity index (χ1v) is 6.79. The standard InChI is InChI=1S/C12H19ClF2N4O2/c1-18(2)4-5-19-12(20)11(13)9(7-17-19)16-3-6-21-8-10(14)15/h7,10,16H,3-6,8H2,1-2H3. The maximum Gasteiger partial charge on any atom is 0.287 e. The van der Waals surface area contributed by atoms with Gasteiger partial charge in [0, 0.05) is 13.1 Å². The van der Waals surface area contributed by atoms with Gasteiger partial charge in [-0.15, -0.1) is 0 Å². The Bertz CT molecular complexity index is 497. The van der Waals surface area contributed by atoms with Crippen molar-refractivity contribution in [2.45, 2.75) is 13.0 Å². The third kappa shape index (κ3) is 6.36. The van der Waals surface area contributed by atoms with E-state index in [1.54, 1.807) is 0 Å². The molecule has 1 rings (SSSR count). The van der Waals surface area contributed by atoms with E-state index in [9.17, 15) is 13.6 Å². The van der Waals surface area contributed by atoms with Gasteiger partial charge in [0.25, 0.3) is 12.0 Å². The van der Waals surface area contributed by atoms with Gasteiger partial charge in [-0.3, -0.25) is 4.79 Å². The van der Waals surface area contributed by atoms with Crippen molar-refractivity contribution in [1.82, 2.24) is 14.7 Å². The number of hydrogen-bond donors (Lipinski definition) is 1. The molecule has 6 nitrogen and oxygen atoms in total. The maximum absolute atomic E-state index is 12.0. The van der Waals surface area contributed by atoms with Crippen LogP contribution in [0, 0.1) is 0 Å². The number of rotatable bonds is 9. The van der Waals surface area contributed by atoms with E-state index < -0.39 is 18.6 Å². The number of hydrogen-bond acceptors (Lipinski definition) is 5. The smallest absolute Gasteiger partial charge is 0.287 e. The van der Waals surface area contributed by atoms with E-state index in [0.29, 0.717) is 18.8 Å². The fourth-order valence-electron chi connectivity index (χ4n) is 1.47. The van der Waals surface area contributed by atoms with Crippen LogP contribution in [0.4, 0.5) is 14.5 Å². The molecule has 0 radical (unpaired) electrons. The van der Waals surface area contributed by atoms with Crippen LogP contribution in [-0.2, 0) is 11.3 Å². The summed E-state index contributed by atoms with van der Waals surface area (Å²) in [6.45, 7) is 0.834. The summed E-state index contributed by atoms with van der Waals surface area (Å²) in [5.41, 5.74) is -0.0274. The molecule has 0 saturated carbocycles. The van der Waals surface area contributed by atoms with Gasteiger partial charge in [-0.05, 0) is 14.1 Å². The number of halogens is 3. The summed E-state index contributed by atoms with van der Waals surface area (Å²) in [5.74, 6) is 0. The van der Waals surface area contributed by atoms with Crippen LogP contribution < -0.4 is 10.9 Å². The van der Waals surface area contributed by atoms with Crippen LogP contribution in [0.3, 0.4) is 0 Å². The third-order valence-corrected chi connectivity index (χ3v) is 2.91. The summed E-state index contributed by atoms with van der Waals surface area (Å²) in [6, 6.07) is 0. The number of nitrogens with one attached hydrogen (secondary N) is 1. The van der Waals surface area contributed by atoms with E-state index in [-0.39, 0.29) is 18.2 Å². The van der Waals surface area contributed by atoms with Gasteiger partial charge in [0.05, 0.1) is 25.0 Å². The fourth-order valence-corrected chi connectivity index (χ4v) is 1.69. The number of anilines is 1. The minimum absolute atomic E-state index is 0.0256. The summed E-state index contributed by atoms with van der Waals surface area (Å²) < 4.78 is 29.7. The SMILES string of the molecule is CN(C)CCn1ncc(NCCOCC(F)F)c(Cl)c1=O. The summed E-state index contributed by atoms with van der Waals surface area (Å²) in [5, 5.41) is 6.86. The lowest BCUT2D eigenvalue weighted by Crippen LogP contribution is -2.29. The van der Waals surface area contributed by atoms with Crippen molar-refractivity contribution < 1.29 is 13.5 Å². The van der Waals surface area contributed by atoms with Gasteiger partial charge in [0.1, 0.15) is 11.6 Å². The van der Waals surface area contributed by atoms with Crippen LogP contribution in [0.15, 0.2) is 11.0 Å². The summed E-state index contributed by atoms with van der Waals surface area (Å²) in [4.78, 5) is 13.9. The number of alkyl halides is 2. The first-order valence-electron chi connectivity index (χ1n) is 6.42. The van der Waals surface area contributed by atoms with E-state index in [1.807, 2.05) is 19.0 Å². The second-order valence-electron chi connectivity index (χ2n) is 4.60. The molecule has 120 valence electrons. The molecule has 1 aromatic heterocycles. The Morgan fingerprint density at radius 3 is 2.86 bits per heavy atom. The molecule has 0 bridgehead atoms. The highest BCUT2D eigenvalue weighted by molar-refractivity contribution is 6.32. The lowest BCUT2D eigenvalue weighted by Gasteiger charge is -2.12. The monoisotopic (exact) mass is 324 g/mol. The molecule has 0 aliphatic carbocycles. The molecule has 0 saturated heterocycles. The Balaban J connectivity index is 2.53. The van der Waals surface area contributed by atoms with Crippen molar-refractivity contribution in [3.8, 4) is 0 Å². The molecule has 0 spiro atoms. The van der Waals surface area contributed by atoms with Crippen molar-refractivity contribution in [2.24, 2.45) is 0 Å². The maximum atomic E-state index is 12.0. The number of aromatic nitrogens is 2. The highest BCUT2D eigenvalue weighted by Gasteiger charge is 2.09. The first-order chi connectivity index (χ1) is 9.91. The molecule has 0 atom stereocenters. The van der Waals surface area contributed by atoms with E-state index in [1.165, 1.54) is 10.9 Å². The molecule has 0 unspecified atom stereocenters. The predicted molar refractivity (Wildman–Crippen MR) is 77.4 cm³/mol. The van der Waals surface area contributed by atoms with Gasteiger partial charge in [0.15, 0.2) is 0 Å². The minimum Gasteiger partial charge on any atom is -0.380 e. The zero-order valence-corrected chi connectivity index (χ0v) is 12.7. The van der Waals surface area contributed by atoms with Gasteiger partial charge in [-0.25, -0.2) is 13.5 Å².